The van der Waals surface area contributed by atoms with E-state index in [0.717, 1.165) is 31.2 Å². The number of rotatable bonds is 6. The highest BCUT2D eigenvalue weighted by atomic mass is 16.1. The van der Waals surface area contributed by atoms with Gasteiger partial charge in [0, 0.05) is 11.5 Å². The van der Waals surface area contributed by atoms with E-state index >= 15 is 0 Å². The monoisotopic (exact) mass is 280 g/mol. The van der Waals surface area contributed by atoms with Crippen molar-refractivity contribution >= 4 is 16.6 Å². The second-order valence-corrected chi connectivity index (χ2v) is 6.20. The third-order valence-electron chi connectivity index (χ3n) is 4.75. The van der Waals surface area contributed by atoms with Gasteiger partial charge in [0.25, 0.3) is 0 Å². The van der Waals surface area contributed by atoms with E-state index in [1.165, 1.54) is 34.7 Å². The van der Waals surface area contributed by atoms with E-state index in [9.17, 15) is 4.79 Å². The molecule has 2 aromatic rings. The Labute approximate surface area is 127 Å². The number of Topliss-reactive ketones (excluding diaryl/α,β-unsaturated/α-hetero) is 1. The summed E-state index contributed by atoms with van der Waals surface area (Å²) in [5, 5.41) is 2.48. The standard InChI is InChI=1S/C20H24O/c1-3-5-8-14-12-13-15-9-7-11-17-19(15)18(14)16(20(17)21)10-6-4-2/h7,9,11-13,16H,3-6,8,10H2,1-2H3. The first-order valence-electron chi connectivity index (χ1n) is 8.36. The number of carbonyl (C=O) groups excluding carboxylic acids is 1. The number of hydrogen-bond acceptors (Lipinski definition) is 1. The second kappa shape index (κ2) is 6.01. The molecular formula is C20H24O. The van der Waals surface area contributed by atoms with Crippen molar-refractivity contribution in [3.05, 3.63) is 47.0 Å². The molecule has 0 aliphatic heterocycles. The van der Waals surface area contributed by atoms with E-state index in [4.69, 9.17) is 0 Å². The first-order chi connectivity index (χ1) is 10.3. The number of benzene rings is 2. The van der Waals surface area contributed by atoms with E-state index in [1.54, 1.807) is 0 Å². The highest BCUT2D eigenvalue weighted by Gasteiger charge is 2.33. The van der Waals surface area contributed by atoms with Crippen LogP contribution in [0.5, 0.6) is 0 Å². The minimum atomic E-state index is 0.109. The van der Waals surface area contributed by atoms with Gasteiger partial charge < -0.3 is 0 Å². The molecule has 1 aliphatic rings. The maximum Gasteiger partial charge on any atom is 0.170 e. The van der Waals surface area contributed by atoms with Crippen molar-refractivity contribution in [2.24, 2.45) is 0 Å². The van der Waals surface area contributed by atoms with Crippen LogP contribution in [0.3, 0.4) is 0 Å². The molecule has 0 fully saturated rings. The summed E-state index contributed by atoms with van der Waals surface area (Å²) >= 11 is 0. The Bertz CT molecular complexity index is 669. The molecule has 1 heteroatoms. The van der Waals surface area contributed by atoms with Crippen molar-refractivity contribution in [1.29, 1.82) is 0 Å². The molecule has 0 N–H and O–H groups in total. The van der Waals surface area contributed by atoms with E-state index in [2.05, 4.69) is 32.0 Å². The number of hydrogen-bond donors (Lipinski definition) is 0. The van der Waals surface area contributed by atoms with Gasteiger partial charge >= 0.3 is 0 Å². The fraction of sp³-hybridized carbons (Fsp3) is 0.450. The lowest BCUT2D eigenvalue weighted by molar-refractivity contribution is 0.0962. The Balaban J connectivity index is 2.13. The summed E-state index contributed by atoms with van der Waals surface area (Å²) < 4.78 is 0. The van der Waals surface area contributed by atoms with Crippen molar-refractivity contribution in [3.8, 4) is 0 Å². The molecule has 110 valence electrons. The van der Waals surface area contributed by atoms with Crippen LogP contribution in [-0.4, -0.2) is 5.78 Å². The Morgan fingerprint density at radius 1 is 1.00 bits per heavy atom. The molecule has 1 unspecified atom stereocenters. The van der Waals surface area contributed by atoms with Gasteiger partial charge in [0.05, 0.1) is 0 Å². The normalized spacial score (nSPS) is 16.9. The zero-order chi connectivity index (χ0) is 14.8. The first kappa shape index (κ1) is 14.3. The van der Waals surface area contributed by atoms with Gasteiger partial charge in [0.15, 0.2) is 5.78 Å². The first-order valence-corrected chi connectivity index (χ1v) is 8.36. The summed E-state index contributed by atoms with van der Waals surface area (Å²) in [4.78, 5) is 12.8. The summed E-state index contributed by atoms with van der Waals surface area (Å²) in [5.74, 6) is 0.464. The van der Waals surface area contributed by atoms with Gasteiger partial charge in [-0.15, -0.1) is 0 Å². The van der Waals surface area contributed by atoms with E-state index in [0.29, 0.717) is 5.78 Å². The minimum Gasteiger partial charge on any atom is -0.293 e. The van der Waals surface area contributed by atoms with Gasteiger partial charge in [-0.25, -0.2) is 0 Å². The van der Waals surface area contributed by atoms with E-state index in [1.807, 2.05) is 12.1 Å². The van der Waals surface area contributed by atoms with Gasteiger partial charge in [-0.2, -0.15) is 0 Å². The summed E-state index contributed by atoms with van der Waals surface area (Å²) in [6, 6.07) is 10.6. The summed E-state index contributed by atoms with van der Waals surface area (Å²) in [5.41, 5.74) is 3.72. The van der Waals surface area contributed by atoms with Gasteiger partial charge in [-0.3, -0.25) is 4.79 Å². The molecule has 0 heterocycles. The van der Waals surface area contributed by atoms with Crippen LogP contribution in [0, 0.1) is 0 Å². The van der Waals surface area contributed by atoms with Gasteiger partial charge in [0.1, 0.15) is 0 Å². The zero-order valence-electron chi connectivity index (χ0n) is 13.1. The van der Waals surface area contributed by atoms with Crippen LogP contribution in [0.4, 0.5) is 0 Å². The Morgan fingerprint density at radius 3 is 2.57 bits per heavy atom. The van der Waals surface area contributed by atoms with Crippen molar-refractivity contribution in [2.75, 3.05) is 0 Å². The molecule has 1 aliphatic carbocycles. The SMILES string of the molecule is CCCCc1ccc2cccc3c2c1C(CCCC)C3=O. The lowest BCUT2D eigenvalue weighted by Gasteiger charge is -2.15. The largest absolute Gasteiger partial charge is 0.293 e. The van der Waals surface area contributed by atoms with E-state index in [-0.39, 0.29) is 5.92 Å². The highest BCUT2D eigenvalue weighted by molar-refractivity contribution is 6.18. The van der Waals surface area contributed by atoms with Gasteiger partial charge in [-0.05, 0) is 41.2 Å². The van der Waals surface area contributed by atoms with Crippen LogP contribution in [-0.2, 0) is 6.42 Å². The maximum absolute atomic E-state index is 12.8. The Morgan fingerprint density at radius 2 is 1.81 bits per heavy atom. The van der Waals surface area contributed by atoms with Crippen molar-refractivity contribution in [3.63, 3.8) is 0 Å². The van der Waals surface area contributed by atoms with E-state index < -0.39 is 0 Å². The molecule has 0 amide bonds. The van der Waals surface area contributed by atoms with Gasteiger partial charge in [0.2, 0.25) is 0 Å². The number of ketones is 1. The van der Waals surface area contributed by atoms with Crippen LogP contribution < -0.4 is 0 Å². The number of carbonyl (C=O) groups is 1. The molecule has 1 atom stereocenters. The third-order valence-corrected chi connectivity index (χ3v) is 4.75. The molecule has 0 radical (unpaired) electrons. The molecule has 2 aromatic carbocycles. The molecule has 21 heavy (non-hydrogen) atoms. The Kier molecular flexibility index (Phi) is 4.10. The molecular weight excluding hydrogens is 256 g/mol. The highest BCUT2D eigenvalue weighted by Crippen LogP contribution is 2.43. The molecule has 0 saturated heterocycles. The smallest absolute Gasteiger partial charge is 0.170 e. The molecule has 1 nitrogen and oxygen atoms in total. The average molecular weight is 280 g/mol. The Hall–Kier alpha value is -1.63. The molecule has 0 aromatic heterocycles. The average Bonchev–Trinajstić information content (AvgIpc) is 2.80. The lowest BCUT2D eigenvalue weighted by atomic mass is 9.88. The van der Waals surface area contributed by atoms with Crippen molar-refractivity contribution in [1.82, 2.24) is 0 Å². The molecule has 0 spiro atoms. The quantitative estimate of drug-likeness (QED) is 0.668. The molecule has 3 rings (SSSR count). The predicted molar refractivity (Wildman–Crippen MR) is 89.2 cm³/mol. The van der Waals surface area contributed by atoms with Crippen molar-refractivity contribution < 1.29 is 4.79 Å². The predicted octanol–water partition coefficient (Wildman–Crippen LogP) is 5.65. The number of unbranched alkanes of at least 4 members (excludes halogenated alkanes) is 2. The van der Waals surface area contributed by atoms with Crippen LogP contribution in [0.15, 0.2) is 30.3 Å². The second-order valence-electron chi connectivity index (χ2n) is 6.20. The third kappa shape index (κ3) is 2.39. The molecule has 0 bridgehead atoms. The van der Waals surface area contributed by atoms with Crippen LogP contribution in [0.25, 0.3) is 10.8 Å². The lowest BCUT2D eigenvalue weighted by Crippen LogP contribution is -2.08. The maximum atomic E-state index is 12.8. The fourth-order valence-electron chi connectivity index (χ4n) is 3.64. The van der Waals surface area contributed by atoms with Gasteiger partial charge in [-0.1, -0.05) is 63.4 Å². The summed E-state index contributed by atoms with van der Waals surface area (Å²) in [7, 11) is 0. The van der Waals surface area contributed by atoms with Crippen LogP contribution >= 0.6 is 0 Å². The fourth-order valence-corrected chi connectivity index (χ4v) is 3.64. The van der Waals surface area contributed by atoms with Crippen LogP contribution in [0.2, 0.25) is 0 Å². The topological polar surface area (TPSA) is 17.1 Å². The summed E-state index contributed by atoms with van der Waals surface area (Å²) in [6.07, 6.45) is 6.80. The zero-order valence-corrected chi connectivity index (χ0v) is 13.1. The minimum absolute atomic E-state index is 0.109. The molecule has 0 saturated carbocycles. The number of aryl methyl sites for hydroxylation is 1. The van der Waals surface area contributed by atoms with Crippen molar-refractivity contribution in [2.45, 2.75) is 58.3 Å². The van der Waals surface area contributed by atoms with Crippen LogP contribution in [0.1, 0.15) is 73.4 Å². The summed E-state index contributed by atoms with van der Waals surface area (Å²) in [6.45, 7) is 4.43.